The Hall–Kier alpha value is -1.39. The standard InChI is InChI=1S/C13H21F3N2/c1-6-7-10(3)17-12(5)18-11(4)8-9(2)13(14,15)16/h8,10,17-18H,4-7H2,1-3H3/b9-8+. The van der Waals surface area contributed by atoms with Gasteiger partial charge in [0.15, 0.2) is 0 Å². The molecule has 0 fully saturated rings. The van der Waals surface area contributed by atoms with E-state index in [0.29, 0.717) is 5.82 Å². The molecule has 2 N–H and O–H groups in total. The quantitative estimate of drug-likeness (QED) is 0.681. The van der Waals surface area contributed by atoms with E-state index in [1.165, 1.54) is 0 Å². The minimum absolute atomic E-state index is 0.158. The fraction of sp³-hybridized carbons (Fsp3) is 0.538. The predicted molar refractivity (Wildman–Crippen MR) is 68.7 cm³/mol. The highest BCUT2D eigenvalue weighted by atomic mass is 19.4. The van der Waals surface area contributed by atoms with Crippen molar-refractivity contribution in [2.75, 3.05) is 0 Å². The molecule has 0 radical (unpaired) electrons. The molecule has 0 aliphatic carbocycles. The molecular weight excluding hydrogens is 241 g/mol. The Kier molecular flexibility index (Phi) is 6.58. The van der Waals surface area contributed by atoms with Crippen LogP contribution in [0.25, 0.3) is 0 Å². The monoisotopic (exact) mass is 262 g/mol. The van der Waals surface area contributed by atoms with Crippen molar-refractivity contribution < 1.29 is 13.2 Å². The molecule has 104 valence electrons. The maximum absolute atomic E-state index is 12.3. The van der Waals surface area contributed by atoms with Gasteiger partial charge in [-0.15, -0.1) is 0 Å². The zero-order chi connectivity index (χ0) is 14.3. The summed E-state index contributed by atoms with van der Waals surface area (Å²) in [5.41, 5.74) is -0.541. The van der Waals surface area contributed by atoms with Crippen LogP contribution in [0, 0.1) is 0 Å². The molecule has 2 nitrogen and oxygen atoms in total. The van der Waals surface area contributed by atoms with Crippen molar-refractivity contribution in [3.8, 4) is 0 Å². The van der Waals surface area contributed by atoms with Gasteiger partial charge >= 0.3 is 6.18 Å². The van der Waals surface area contributed by atoms with Crippen molar-refractivity contribution >= 4 is 0 Å². The summed E-state index contributed by atoms with van der Waals surface area (Å²) in [6, 6.07) is 0.218. The lowest BCUT2D eigenvalue weighted by atomic mass is 10.2. The summed E-state index contributed by atoms with van der Waals surface area (Å²) in [5.74, 6) is 0.451. The number of hydrogen-bond donors (Lipinski definition) is 2. The summed E-state index contributed by atoms with van der Waals surface area (Å²) >= 11 is 0. The minimum atomic E-state index is -4.32. The Labute approximate surface area is 107 Å². The van der Waals surface area contributed by atoms with Gasteiger partial charge in [-0.1, -0.05) is 26.5 Å². The normalized spacial score (nSPS) is 14.0. The first kappa shape index (κ1) is 16.6. The summed E-state index contributed by atoms with van der Waals surface area (Å²) in [6.45, 7) is 12.2. The molecule has 0 amide bonds. The molecule has 0 saturated heterocycles. The van der Waals surface area contributed by atoms with Crippen LogP contribution in [0.1, 0.15) is 33.6 Å². The minimum Gasteiger partial charge on any atom is -0.370 e. The van der Waals surface area contributed by atoms with Crippen LogP contribution in [-0.2, 0) is 0 Å². The zero-order valence-electron chi connectivity index (χ0n) is 11.1. The number of alkyl halides is 3. The lowest BCUT2D eigenvalue weighted by Crippen LogP contribution is -2.31. The third-order valence-corrected chi connectivity index (χ3v) is 2.29. The Morgan fingerprint density at radius 1 is 1.33 bits per heavy atom. The van der Waals surface area contributed by atoms with E-state index in [9.17, 15) is 13.2 Å². The fourth-order valence-electron chi connectivity index (χ4n) is 1.41. The first-order valence-electron chi connectivity index (χ1n) is 5.83. The first-order chi connectivity index (χ1) is 8.16. The van der Waals surface area contributed by atoms with Crippen molar-refractivity contribution in [1.29, 1.82) is 0 Å². The second-order valence-corrected chi connectivity index (χ2v) is 4.29. The van der Waals surface area contributed by atoms with Crippen LogP contribution < -0.4 is 10.6 Å². The van der Waals surface area contributed by atoms with E-state index in [1.807, 2.05) is 6.92 Å². The average Bonchev–Trinajstić information content (AvgIpc) is 2.15. The van der Waals surface area contributed by atoms with Gasteiger partial charge in [0.2, 0.25) is 0 Å². The van der Waals surface area contributed by atoms with Crippen LogP contribution in [0.4, 0.5) is 13.2 Å². The van der Waals surface area contributed by atoms with Gasteiger partial charge in [-0.3, -0.25) is 0 Å². The molecule has 0 aromatic rings. The van der Waals surface area contributed by atoms with Gasteiger partial charge in [-0.25, -0.2) is 0 Å². The van der Waals surface area contributed by atoms with E-state index < -0.39 is 11.7 Å². The highest BCUT2D eigenvalue weighted by Crippen LogP contribution is 2.25. The van der Waals surface area contributed by atoms with E-state index in [0.717, 1.165) is 25.8 Å². The summed E-state index contributed by atoms with van der Waals surface area (Å²) < 4.78 is 36.8. The van der Waals surface area contributed by atoms with E-state index in [1.54, 1.807) is 0 Å². The molecule has 0 aromatic carbocycles. The Balaban J connectivity index is 4.29. The van der Waals surface area contributed by atoms with E-state index >= 15 is 0 Å². The average molecular weight is 262 g/mol. The van der Waals surface area contributed by atoms with E-state index in [2.05, 4.69) is 30.7 Å². The number of allylic oxidation sites excluding steroid dienone is 2. The fourth-order valence-corrected chi connectivity index (χ4v) is 1.41. The summed E-state index contributed by atoms with van der Waals surface area (Å²) in [6.07, 6.45) is -1.38. The number of rotatable bonds is 7. The molecule has 0 heterocycles. The van der Waals surface area contributed by atoms with Crippen LogP contribution in [0.2, 0.25) is 0 Å². The third kappa shape index (κ3) is 7.04. The lowest BCUT2D eigenvalue weighted by Gasteiger charge is -2.18. The molecule has 0 bridgehead atoms. The SMILES string of the molecule is C=C(/C=C(\C)C(F)(F)F)NC(=C)NC(C)CCC. The Morgan fingerprint density at radius 2 is 1.89 bits per heavy atom. The van der Waals surface area contributed by atoms with Crippen molar-refractivity contribution in [3.63, 3.8) is 0 Å². The van der Waals surface area contributed by atoms with Crippen LogP contribution in [0.3, 0.4) is 0 Å². The van der Waals surface area contributed by atoms with Gasteiger partial charge in [0.25, 0.3) is 0 Å². The summed E-state index contributed by atoms with van der Waals surface area (Å²) in [7, 11) is 0. The third-order valence-electron chi connectivity index (χ3n) is 2.29. The molecule has 0 aliphatic rings. The molecule has 0 rings (SSSR count). The zero-order valence-corrected chi connectivity index (χ0v) is 11.1. The number of nitrogens with one attached hydrogen (secondary N) is 2. The molecule has 1 unspecified atom stereocenters. The summed E-state index contributed by atoms with van der Waals surface area (Å²) in [4.78, 5) is 0. The molecule has 0 aromatic heterocycles. The molecule has 0 aliphatic heterocycles. The molecule has 1 atom stereocenters. The van der Waals surface area contributed by atoms with Crippen molar-refractivity contribution in [1.82, 2.24) is 10.6 Å². The second-order valence-electron chi connectivity index (χ2n) is 4.29. The van der Waals surface area contributed by atoms with Gasteiger partial charge in [-0.2, -0.15) is 13.2 Å². The molecule has 18 heavy (non-hydrogen) atoms. The number of halogens is 3. The largest absolute Gasteiger partial charge is 0.412 e. The Bertz CT molecular complexity index is 330. The summed E-state index contributed by atoms with van der Waals surface area (Å²) in [5, 5.41) is 5.74. The van der Waals surface area contributed by atoms with E-state index in [-0.39, 0.29) is 11.7 Å². The first-order valence-corrected chi connectivity index (χ1v) is 5.83. The van der Waals surface area contributed by atoms with Gasteiger partial charge in [0.1, 0.15) is 0 Å². The topological polar surface area (TPSA) is 24.1 Å². The molecular formula is C13H21F3N2. The predicted octanol–water partition coefficient (Wildman–Crippen LogP) is 3.85. The molecule has 0 spiro atoms. The maximum atomic E-state index is 12.3. The maximum Gasteiger partial charge on any atom is 0.412 e. The van der Waals surface area contributed by atoms with Crippen molar-refractivity contribution in [2.45, 2.75) is 45.8 Å². The lowest BCUT2D eigenvalue weighted by molar-refractivity contribution is -0.0913. The van der Waals surface area contributed by atoms with Crippen LogP contribution >= 0.6 is 0 Å². The highest BCUT2D eigenvalue weighted by molar-refractivity contribution is 5.23. The van der Waals surface area contributed by atoms with Crippen molar-refractivity contribution in [3.05, 3.63) is 36.3 Å². The van der Waals surface area contributed by atoms with Crippen LogP contribution in [0.5, 0.6) is 0 Å². The van der Waals surface area contributed by atoms with E-state index in [4.69, 9.17) is 0 Å². The molecule has 5 heteroatoms. The highest BCUT2D eigenvalue weighted by Gasteiger charge is 2.29. The van der Waals surface area contributed by atoms with Crippen molar-refractivity contribution in [2.24, 2.45) is 0 Å². The van der Waals surface area contributed by atoms with Crippen LogP contribution in [-0.4, -0.2) is 12.2 Å². The van der Waals surface area contributed by atoms with Gasteiger partial charge < -0.3 is 10.6 Å². The Morgan fingerprint density at radius 3 is 2.33 bits per heavy atom. The second kappa shape index (κ2) is 7.13. The molecule has 0 saturated carbocycles. The number of hydrogen-bond acceptors (Lipinski definition) is 2. The van der Waals surface area contributed by atoms with Gasteiger partial charge in [0.05, 0.1) is 5.82 Å². The van der Waals surface area contributed by atoms with Gasteiger partial charge in [0, 0.05) is 17.3 Å². The van der Waals surface area contributed by atoms with Gasteiger partial charge in [-0.05, 0) is 26.3 Å². The van der Waals surface area contributed by atoms with Crippen LogP contribution in [0.15, 0.2) is 36.3 Å². The smallest absolute Gasteiger partial charge is 0.370 e.